The van der Waals surface area contributed by atoms with Crippen LogP contribution < -0.4 is 0 Å². The van der Waals surface area contributed by atoms with Gasteiger partial charge in [-0.15, -0.1) is 0 Å². The highest BCUT2D eigenvalue weighted by atomic mass is 32.1. The SMILES string of the molecule is Cc1cn(C2CCC2(C)C)c(=S)[nH]1. The van der Waals surface area contributed by atoms with Crippen molar-refractivity contribution in [2.24, 2.45) is 5.41 Å². The van der Waals surface area contributed by atoms with E-state index >= 15 is 0 Å². The molecule has 1 aromatic rings. The Morgan fingerprint density at radius 1 is 1.62 bits per heavy atom. The summed E-state index contributed by atoms with van der Waals surface area (Å²) in [5, 5.41) is 0. The van der Waals surface area contributed by atoms with Crippen molar-refractivity contribution >= 4 is 12.2 Å². The van der Waals surface area contributed by atoms with Gasteiger partial charge in [-0.2, -0.15) is 0 Å². The molecule has 72 valence electrons. The summed E-state index contributed by atoms with van der Waals surface area (Å²) >= 11 is 5.26. The van der Waals surface area contributed by atoms with Crippen LogP contribution in [0.15, 0.2) is 6.20 Å². The van der Waals surface area contributed by atoms with Crippen molar-refractivity contribution in [3.63, 3.8) is 0 Å². The Kier molecular flexibility index (Phi) is 1.88. The molecule has 13 heavy (non-hydrogen) atoms. The summed E-state index contributed by atoms with van der Waals surface area (Å²) in [6.07, 6.45) is 4.70. The standard InChI is InChI=1S/C10H16N2S/c1-7-6-12(9(13)11-7)8-4-5-10(8,2)3/h6,8H,4-5H2,1-3H3,(H,11,13). The van der Waals surface area contributed by atoms with Crippen molar-refractivity contribution in [1.82, 2.24) is 9.55 Å². The largest absolute Gasteiger partial charge is 0.335 e. The molecule has 1 unspecified atom stereocenters. The van der Waals surface area contributed by atoms with Gasteiger partial charge in [-0.3, -0.25) is 0 Å². The fraction of sp³-hybridized carbons (Fsp3) is 0.700. The van der Waals surface area contributed by atoms with Gasteiger partial charge in [-0.05, 0) is 37.4 Å². The van der Waals surface area contributed by atoms with Crippen LogP contribution in [-0.2, 0) is 0 Å². The lowest BCUT2D eigenvalue weighted by molar-refractivity contribution is 0.0807. The Balaban J connectivity index is 2.36. The number of aromatic nitrogens is 2. The van der Waals surface area contributed by atoms with Crippen LogP contribution in [-0.4, -0.2) is 9.55 Å². The van der Waals surface area contributed by atoms with E-state index < -0.39 is 0 Å². The monoisotopic (exact) mass is 196 g/mol. The number of rotatable bonds is 1. The highest BCUT2D eigenvalue weighted by molar-refractivity contribution is 7.71. The van der Waals surface area contributed by atoms with E-state index in [0.717, 1.165) is 10.5 Å². The van der Waals surface area contributed by atoms with Gasteiger partial charge in [0.1, 0.15) is 0 Å². The zero-order valence-electron chi connectivity index (χ0n) is 8.42. The zero-order valence-corrected chi connectivity index (χ0v) is 9.24. The number of hydrogen-bond acceptors (Lipinski definition) is 1. The third-order valence-corrected chi connectivity index (χ3v) is 3.48. The summed E-state index contributed by atoms with van der Waals surface area (Å²) < 4.78 is 3.09. The number of aromatic amines is 1. The summed E-state index contributed by atoms with van der Waals surface area (Å²) in [6, 6.07) is 0.602. The first kappa shape index (κ1) is 9.00. The summed E-state index contributed by atoms with van der Waals surface area (Å²) in [4.78, 5) is 3.17. The first-order valence-electron chi connectivity index (χ1n) is 4.78. The van der Waals surface area contributed by atoms with Gasteiger partial charge in [-0.1, -0.05) is 13.8 Å². The average molecular weight is 196 g/mol. The Morgan fingerprint density at radius 2 is 2.31 bits per heavy atom. The molecule has 0 bridgehead atoms. The molecule has 0 saturated heterocycles. The molecule has 2 nitrogen and oxygen atoms in total. The van der Waals surface area contributed by atoms with Crippen molar-refractivity contribution in [1.29, 1.82) is 0 Å². The maximum atomic E-state index is 5.26. The molecule has 1 aromatic heterocycles. The maximum Gasteiger partial charge on any atom is 0.177 e. The molecule has 1 atom stereocenters. The molecular formula is C10H16N2S. The molecule has 3 heteroatoms. The number of hydrogen-bond donors (Lipinski definition) is 1. The van der Waals surface area contributed by atoms with Crippen LogP contribution in [0.2, 0.25) is 0 Å². The van der Waals surface area contributed by atoms with Crippen LogP contribution in [0, 0.1) is 17.1 Å². The lowest BCUT2D eigenvalue weighted by Crippen LogP contribution is -2.36. The average Bonchev–Trinajstić information content (AvgIpc) is 2.29. The van der Waals surface area contributed by atoms with Crippen molar-refractivity contribution in [2.75, 3.05) is 0 Å². The van der Waals surface area contributed by atoms with Gasteiger partial charge < -0.3 is 9.55 Å². The molecule has 2 rings (SSSR count). The van der Waals surface area contributed by atoms with Crippen LogP contribution >= 0.6 is 12.2 Å². The molecule has 0 radical (unpaired) electrons. The van der Waals surface area contributed by atoms with Gasteiger partial charge in [0.05, 0.1) is 0 Å². The number of nitrogens with zero attached hydrogens (tertiary/aromatic N) is 1. The van der Waals surface area contributed by atoms with Crippen molar-refractivity contribution in [3.8, 4) is 0 Å². The van der Waals surface area contributed by atoms with E-state index in [1.165, 1.54) is 12.8 Å². The van der Waals surface area contributed by atoms with Crippen molar-refractivity contribution in [3.05, 3.63) is 16.7 Å². The van der Waals surface area contributed by atoms with Crippen molar-refractivity contribution < 1.29 is 0 Å². The zero-order chi connectivity index (χ0) is 9.64. The molecule has 1 fully saturated rings. The van der Waals surface area contributed by atoms with Crippen LogP contribution in [0.25, 0.3) is 0 Å². The predicted octanol–water partition coefficient (Wildman–Crippen LogP) is 3.22. The Morgan fingerprint density at radius 3 is 2.62 bits per heavy atom. The highest BCUT2D eigenvalue weighted by Crippen LogP contribution is 2.49. The van der Waals surface area contributed by atoms with Gasteiger partial charge in [0.15, 0.2) is 4.77 Å². The molecule has 0 amide bonds. The van der Waals surface area contributed by atoms with Crippen LogP contribution in [0.1, 0.15) is 38.4 Å². The minimum atomic E-state index is 0.423. The number of nitrogens with one attached hydrogen (secondary N) is 1. The maximum absolute atomic E-state index is 5.26. The minimum absolute atomic E-state index is 0.423. The normalized spacial score (nSPS) is 25.6. The van der Waals surface area contributed by atoms with Gasteiger partial charge in [0.25, 0.3) is 0 Å². The van der Waals surface area contributed by atoms with Crippen LogP contribution in [0.3, 0.4) is 0 Å². The lowest BCUT2D eigenvalue weighted by atomic mass is 9.67. The molecule has 1 aliphatic rings. The first-order valence-corrected chi connectivity index (χ1v) is 5.19. The van der Waals surface area contributed by atoms with E-state index in [4.69, 9.17) is 12.2 Å². The molecular weight excluding hydrogens is 180 g/mol. The second-order valence-electron chi connectivity index (χ2n) is 4.69. The van der Waals surface area contributed by atoms with E-state index in [0.29, 0.717) is 11.5 Å². The minimum Gasteiger partial charge on any atom is -0.335 e. The Bertz CT molecular complexity index is 373. The second-order valence-corrected chi connectivity index (χ2v) is 5.08. The molecule has 1 N–H and O–H groups in total. The lowest BCUT2D eigenvalue weighted by Gasteiger charge is -2.45. The van der Waals surface area contributed by atoms with Crippen LogP contribution in [0.4, 0.5) is 0 Å². The number of imidazole rings is 1. The van der Waals surface area contributed by atoms with Gasteiger partial charge in [0, 0.05) is 17.9 Å². The van der Waals surface area contributed by atoms with E-state index in [2.05, 4.69) is 36.5 Å². The topological polar surface area (TPSA) is 20.7 Å². The van der Waals surface area contributed by atoms with Gasteiger partial charge >= 0.3 is 0 Å². The fourth-order valence-electron chi connectivity index (χ4n) is 2.13. The number of aryl methyl sites for hydroxylation is 1. The van der Waals surface area contributed by atoms with Crippen LogP contribution in [0.5, 0.6) is 0 Å². The molecule has 1 saturated carbocycles. The molecule has 1 heterocycles. The summed E-state index contributed by atoms with van der Waals surface area (Å²) in [7, 11) is 0. The predicted molar refractivity (Wildman–Crippen MR) is 56.4 cm³/mol. The highest BCUT2D eigenvalue weighted by Gasteiger charge is 2.39. The molecule has 0 spiro atoms. The van der Waals surface area contributed by atoms with E-state index in [9.17, 15) is 0 Å². The first-order chi connectivity index (χ1) is 6.00. The van der Waals surface area contributed by atoms with Gasteiger partial charge in [-0.25, -0.2) is 0 Å². The van der Waals surface area contributed by atoms with E-state index in [1.807, 2.05) is 0 Å². The molecule has 0 aromatic carbocycles. The smallest absolute Gasteiger partial charge is 0.177 e. The third-order valence-electron chi connectivity index (χ3n) is 3.17. The van der Waals surface area contributed by atoms with E-state index in [1.54, 1.807) is 0 Å². The number of H-pyrrole nitrogens is 1. The van der Waals surface area contributed by atoms with E-state index in [-0.39, 0.29) is 0 Å². The quantitative estimate of drug-likeness (QED) is 0.684. The van der Waals surface area contributed by atoms with Crippen molar-refractivity contribution in [2.45, 2.75) is 39.7 Å². The Hall–Kier alpha value is -0.570. The van der Waals surface area contributed by atoms with Gasteiger partial charge in [0.2, 0.25) is 0 Å². The second kappa shape index (κ2) is 2.71. The Labute approximate surface area is 84.0 Å². The molecule has 0 aliphatic heterocycles. The summed E-state index contributed by atoms with van der Waals surface area (Å²) in [6.45, 7) is 6.68. The summed E-state index contributed by atoms with van der Waals surface area (Å²) in [5.41, 5.74) is 1.58. The fourth-order valence-corrected chi connectivity index (χ4v) is 2.47. The molecule has 1 aliphatic carbocycles. The summed E-state index contributed by atoms with van der Waals surface area (Å²) in [5.74, 6) is 0. The third kappa shape index (κ3) is 1.35.